The van der Waals surface area contributed by atoms with Crippen LogP contribution in [0.1, 0.15) is 15.9 Å². The maximum absolute atomic E-state index is 12.1. The molecule has 0 amide bonds. The van der Waals surface area contributed by atoms with Gasteiger partial charge in [-0.05, 0) is 23.8 Å². The van der Waals surface area contributed by atoms with Crippen molar-refractivity contribution in [2.45, 2.75) is 5.75 Å². The van der Waals surface area contributed by atoms with Crippen LogP contribution >= 0.6 is 11.6 Å². The number of anilines is 1. The maximum atomic E-state index is 12.1. The lowest BCUT2D eigenvalue weighted by Gasteiger charge is -2.10. The van der Waals surface area contributed by atoms with Crippen LogP contribution in [0.4, 0.5) is 5.69 Å². The van der Waals surface area contributed by atoms with Gasteiger partial charge in [-0.25, -0.2) is 13.2 Å². The van der Waals surface area contributed by atoms with E-state index in [0.717, 1.165) is 0 Å². The second-order valence-corrected chi connectivity index (χ2v) is 6.48. The number of aromatic carboxylic acids is 1. The summed E-state index contributed by atoms with van der Waals surface area (Å²) in [7, 11) is -3.68. The summed E-state index contributed by atoms with van der Waals surface area (Å²) in [5.74, 6) is -1.38. The predicted octanol–water partition coefficient (Wildman–Crippen LogP) is 2.98. The molecule has 0 bridgehead atoms. The van der Waals surface area contributed by atoms with Crippen molar-refractivity contribution in [2.24, 2.45) is 0 Å². The number of halogens is 1. The second kappa shape index (κ2) is 6.15. The van der Waals surface area contributed by atoms with Crippen LogP contribution in [0, 0.1) is 0 Å². The van der Waals surface area contributed by atoms with Crippen molar-refractivity contribution in [1.82, 2.24) is 0 Å². The topological polar surface area (TPSA) is 83.5 Å². The lowest BCUT2D eigenvalue weighted by atomic mass is 10.2. The molecule has 0 fully saturated rings. The maximum Gasteiger partial charge on any atom is 0.335 e. The number of hydrogen-bond donors (Lipinski definition) is 2. The average molecular weight is 326 g/mol. The molecule has 2 N–H and O–H groups in total. The second-order valence-electron chi connectivity index (χ2n) is 4.35. The molecule has 7 heteroatoms. The van der Waals surface area contributed by atoms with Crippen molar-refractivity contribution in [2.75, 3.05) is 4.72 Å². The van der Waals surface area contributed by atoms with E-state index in [1.54, 1.807) is 30.3 Å². The van der Waals surface area contributed by atoms with Gasteiger partial charge in [-0.2, -0.15) is 0 Å². The molecule has 110 valence electrons. The van der Waals surface area contributed by atoms with Gasteiger partial charge in [0.15, 0.2) is 0 Å². The van der Waals surface area contributed by atoms with E-state index in [1.807, 2.05) is 0 Å². The zero-order chi connectivity index (χ0) is 15.5. The molecule has 0 saturated carbocycles. The van der Waals surface area contributed by atoms with Gasteiger partial charge in [-0.15, -0.1) is 0 Å². The van der Waals surface area contributed by atoms with Gasteiger partial charge in [0.1, 0.15) is 0 Å². The van der Waals surface area contributed by atoms with Gasteiger partial charge in [0.2, 0.25) is 10.0 Å². The van der Waals surface area contributed by atoms with Gasteiger partial charge in [-0.1, -0.05) is 41.9 Å². The first-order valence-corrected chi connectivity index (χ1v) is 7.98. The largest absolute Gasteiger partial charge is 0.478 e. The predicted molar refractivity (Wildman–Crippen MR) is 81.1 cm³/mol. The fraction of sp³-hybridized carbons (Fsp3) is 0.0714. The van der Waals surface area contributed by atoms with Gasteiger partial charge in [0, 0.05) is 0 Å². The molecule has 0 aliphatic carbocycles. The lowest BCUT2D eigenvalue weighted by molar-refractivity contribution is 0.0697. The van der Waals surface area contributed by atoms with Gasteiger partial charge in [-0.3, -0.25) is 4.72 Å². The molecule has 0 radical (unpaired) electrons. The summed E-state index contributed by atoms with van der Waals surface area (Å²) in [6.45, 7) is 0. The molecule has 0 spiro atoms. The fourth-order valence-corrected chi connectivity index (χ4v) is 3.16. The van der Waals surface area contributed by atoms with E-state index in [4.69, 9.17) is 16.7 Å². The van der Waals surface area contributed by atoms with Gasteiger partial charge in [0.25, 0.3) is 0 Å². The molecule has 0 aromatic heterocycles. The average Bonchev–Trinajstić information content (AvgIpc) is 2.41. The van der Waals surface area contributed by atoms with E-state index in [1.165, 1.54) is 18.2 Å². The number of rotatable bonds is 5. The standard InChI is InChI=1S/C14H12ClNO4S/c15-12-7-6-11(14(17)18)8-13(12)16-21(19,20)9-10-4-2-1-3-5-10/h1-8,16H,9H2,(H,17,18). The summed E-state index contributed by atoms with van der Waals surface area (Å²) in [6, 6.07) is 12.5. The molecular weight excluding hydrogens is 314 g/mol. The normalized spacial score (nSPS) is 11.1. The van der Waals surface area contributed by atoms with Crippen LogP contribution in [-0.2, 0) is 15.8 Å². The lowest BCUT2D eigenvalue weighted by Crippen LogP contribution is -2.15. The highest BCUT2D eigenvalue weighted by Crippen LogP contribution is 2.25. The Morgan fingerprint density at radius 3 is 2.43 bits per heavy atom. The van der Waals surface area contributed by atoms with Crippen LogP contribution in [0.2, 0.25) is 5.02 Å². The third kappa shape index (κ3) is 4.21. The van der Waals surface area contributed by atoms with Crippen LogP contribution in [0.15, 0.2) is 48.5 Å². The highest BCUT2D eigenvalue weighted by atomic mass is 35.5. The summed E-state index contributed by atoms with van der Waals surface area (Å²) in [6.07, 6.45) is 0. The minimum absolute atomic E-state index is 0.0446. The highest BCUT2D eigenvalue weighted by molar-refractivity contribution is 7.91. The Kier molecular flexibility index (Phi) is 4.50. The zero-order valence-electron chi connectivity index (χ0n) is 10.8. The van der Waals surface area contributed by atoms with E-state index in [-0.39, 0.29) is 22.0 Å². The summed E-state index contributed by atoms with van der Waals surface area (Å²) in [5.41, 5.74) is 0.625. The first-order chi connectivity index (χ1) is 9.87. The van der Waals surface area contributed by atoms with Crippen molar-refractivity contribution < 1.29 is 18.3 Å². The monoisotopic (exact) mass is 325 g/mol. The van der Waals surface area contributed by atoms with E-state index in [9.17, 15) is 13.2 Å². The molecule has 2 aromatic rings. The quantitative estimate of drug-likeness (QED) is 0.885. The van der Waals surface area contributed by atoms with Crippen molar-refractivity contribution in [1.29, 1.82) is 0 Å². The number of nitrogens with one attached hydrogen (secondary N) is 1. The zero-order valence-corrected chi connectivity index (χ0v) is 12.4. The third-order valence-electron chi connectivity index (χ3n) is 2.68. The number of carboxylic acid groups (broad SMARTS) is 1. The van der Waals surface area contributed by atoms with Gasteiger partial charge < -0.3 is 5.11 Å². The Bertz CT molecular complexity index is 760. The Morgan fingerprint density at radius 1 is 1.14 bits per heavy atom. The summed E-state index contributed by atoms with van der Waals surface area (Å²) in [4.78, 5) is 10.9. The van der Waals surface area contributed by atoms with Crippen LogP contribution in [0.25, 0.3) is 0 Å². The minimum atomic E-state index is -3.68. The molecule has 0 heterocycles. The molecule has 2 aromatic carbocycles. The molecule has 0 unspecified atom stereocenters. The van der Waals surface area contributed by atoms with Crippen LogP contribution < -0.4 is 4.72 Å². The summed E-state index contributed by atoms with van der Waals surface area (Å²) in [5, 5.41) is 9.05. The molecule has 2 rings (SSSR count). The van der Waals surface area contributed by atoms with E-state index < -0.39 is 16.0 Å². The van der Waals surface area contributed by atoms with Crippen molar-refractivity contribution >= 4 is 33.3 Å². The Labute approximate surface area is 127 Å². The summed E-state index contributed by atoms with van der Waals surface area (Å²) < 4.78 is 26.5. The van der Waals surface area contributed by atoms with Crippen LogP contribution in [0.5, 0.6) is 0 Å². The molecule has 5 nitrogen and oxygen atoms in total. The van der Waals surface area contributed by atoms with Crippen LogP contribution in [0.3, 0.4) is 0 Å². The molecule has 0 atom stereocenters. The Balaban J connectivity index is 2.24. The van der Waals surface area contributed by atoms with Crippen LogP contribution in [-0.4, -0.2) is 19.5 Å². The molecular formula is C14H12ClNO4S. The third-order valence-corrected chi connectivity index (χ3v) is 4.25. The van der Waals surface area contributed by atoms with E-state index in [2.05, 4.69) is 4.72 Å². The van der Waals surface area contributed by atoms with Gasteiger partial charge >= 0.3 is 5.97 Å². The minimum Gasteiger partial charge on any atom is -0.478 e. The number of hydrogen-bond acceptors (Lipinski definition) is 3. The summed E-state index contributed by atoms with van der Waals surface area (Å²) >= 11 is 5.89. The molecule has 0 saturated heterocycles. The van der Waals surface area contributed by atoms with E-state index >= 15 is 0 Å². The molecule has 21 heavy (non-hydrogen) atoms. The number of carboxylic acids is 1. The number of carbonyl (C=O) groups is 1. The fourth-order valence-electron chi connectivity index (χ4n) is 1.73. The molecule has 0 aliphatic rings. The molecule has 0 aliphatic heterocycles. The van der Waals surface area contributed by atoms with Crippen molar-refractivity contribution in [3.05, 3.63) is 64.7 Å². The van der Waals surface area contributed by atoms with Crippen molar-refractivity contribution in [3.63, 3.8) is 0 Å². The van der Waals surface area contributed by atoms with Gasteiger partial charge in [0.05, 0.1) is 22.0 Å². The SMILES string of the molecule is O=C(O)c1ccc(Cl)c(NS(=O)(=O)Cc2ccccc2)c1. The first-order valence-electron chi connectivity index (χ1n) is 5.95. The van der Waals surface area contributed by atoms with Crippen molar-refractivity contribution in [3.8, 4) is 0 Å². The number of benzene rings is 2. The Morgan fingerprint density at radius 2 is 1.81 bits per heavy atom. The Hall–Kier alpha value is -2.05. The number of sulfonamides is 1. The highest BCUT2D eigenvalue weighted by Gasteiger charge is 2.15. The van der Waals surface area contributed by atoms with E-state index in [0.29, 0.717) is 5.56 Å². The smallest absolute Gasteiger partial charge is 0.335 e. The first kappa shape index (κ1) is 15.3.